The molecule has 0 unspecified atom stereocenters. The number of hydrogen-bond acceptors (Lipinski definition) is 3. The molecule has 2 rings (SSSR count). The summed E-state index contributed by atoms with van der Waals surface area (Å²) in [5, 5.41) is 1.17. The number of allylic oxidation sites excluding steroid dienone is 1. The highest BCUT2D eigenvalue weighted by molar-refractivity contribution is 7.16. The molecule has 0 saturated heterocycles. The van der Waals surface area contributed by atoms with Gasteiger partial charge in [-0.25, -0.2) is 4.99 Å². The lowest BCUT2D eigenvalue weighted by molar-refractivity contribution is 0.878. The Labute approximate surface area is 101 Å². The Morgan fingerprint density at radius 1 is 1.38 bits per heavy atom. The molecule has 0 amide bonds. The minimum absolute atomic E-state index is 0.445. The third-order valence-corrected chi connectivity index (χ3v) is 3.49. The maximum absolute atomic E-state index is 4.52. The van der Waals surface area contributed by atoms with Gasteiger partial charge in [0.05, 0.1) is 0 Å². The van der Waals surface area contributed by atoms with E-state index in [0.717, 1.165) is 11.5 Å². The third-order valence-electron chi connectivity index (χ3n) is 2.49. The van der Waals surface area contributed by atoms with Crippen LogP contribution < -0.4 is 4.90 Å². The highest BCUT2D eigenvalue weighted by Gasteiger charge is 2.14. The largest absolute Gasteiger partial charge is 0.293 e. The molecule has 0 N–H and O–H groups in total. The fourth-order valence-corrected chi connectivity index (χ4v) is 2.42. The van der Waals surface area contributed by atoms with Gasteiger partial charge in [-0.2, -0.15) is 0 Å². The molecule has 0 bridgehead atoms. The van der Waals surface area contributed by atoms with Crippen LogP contribution >= 0.6 is 11.3 Å². The normalized spacial score (nSPS) is 15.9. The molecule has 84 valence electrons. The molecule has 3 heteroatoms. The van der Waals surface area contributed by atoms with Crippen molar-refractivity contribution in [1.29, 1.82) is 0 Å². The van der Waals surface area contributed by atoms with E-state index in [4.69, 9.17) is 0 Å². The van der Waals surface area contributed by atoms with Crippen molar-refractivity contribution in [3.05, 3.63) is 41.7 Å². The van der Waals surface area contributed by atoms with E-state index in [0.29, 0.717) is 5.92 Å². The molecule has 1 aromatic heterocycles. The SMILES string of the molecule is C=C1N=C(C(C)C)C=CN1c1ccc(C)s1. The van der Waals surface area contributed by atoms with E-state index >= 15 is 0 Å². The van der Waals surface area contributed by atoms with E-state index in [1.54, 1.807) is 11.3 Å². The van der Waals surface area contributed by atoms with Gasteiger partial charge in [-0.1, -0.05) is 20.4 Å². The van der Waals surface area contributed by atoms with Crippen molar-refractivity contribution in [3.63, 3.8) is 0 Å². The average Bonchev–Trinajstić information content (AvgIpc) is 2.64. The zero-order chi connectivity index (χ0) is 11.7. The lowest BCUT2D eigenvalue weighted by Crippen LogP contribution is -2.19. The molecule has 0 aliphatic carbocycles. The van der Waals surface area contributed by atoms with Crippen LogP contribution in [0.4, 0.5) is 5.00 Å². The predicted molar refractivity (Wildman–Crippen MR) is 72.1 cm³/mol. The molecule has 1 aliphatic heterocycles. The Kier molecular flexibility index (Phi) is 2.97. The second kappa shape index (κ2) is 4.26. The van der Waals surface area contributed by atoms with Gasteiger partial charge >= 0.3 is 0 Å². The first-order chi connectivity index (χ1) is 7.58. The second-order valence-corrected chi connectivity index (χ2v) is 5.44. The Balaban J connectivity index is 2.24. The number of thiophene rings is 1. The van der Waals surface area contributed by atoms with E-state index in [2.05, 4.69) is 56.8 Å². The molecular formula is C13H16N2S. The lowest BCUT2D eigenvalue weighted by atomic mass is 10.1. The Morgan fingerprint density at radius 3 is 2.62 bits per heavy atom. The molecular weight excluding hydrogens is 216 g/mol. The van der Waals surface area contributed by atoms with Gasteiger partial charge in [0.1, 0.15) is 10.8 Å². The van der Waals surface area contributed by atoms with Gasteiger partial charge in [-0.3, -0.25) is 4.90 Å². The number of nitrogens with zero attached hydrogens (tertiary/aromatic N) is 2. The summed E-state index contributed by atoms with van der Waals surface area (Å²) < 4.78 is 0. The molecule has 2 heterocycles. The summed E-state index contributed by atoms with van der Waals surface area (Å²) >= 11 is 1.75. The van der Waals surface area contributed by atoms with Gasteiger partial charge in [-0.05, 0) is 31.1 Å². The van der Waals surface area contributed by atoms with E-state index < -0.39 is 0 Å². The number of aliphatic imine (C=N–C) groups is 1. The topological polar surface area (TPSA) is 15.6 Å². The van der Waals surface area contributed by atoms with Crippen molar-refractivity contribution in [2.75, 3.05) is 4.90 Å². The molecule has 0 aromatic carbocycles. The molecule has 0 fully saturated rings. The smallest absolute Gasteiger partial charge is 0.130 e. The molecule has 0 atom stereocenters. The van der Waals surface area contributed by atoms with Gasteiger partial charge in [0, 0.05) is 16.8 Å². The maximum atomic E-state index is 4.52. The average molecular weight is 232 g/mol. The van der Waals surface area contributed by atoms with Crippen molar-refractivity contribution in [2.24, 2.45) is 10.9 Å². The molecule has 1 aromatic rings. The molecule has 0 saturated carbocycles. The summed E-state index contributed by atoms with van der Waals surface area (Å²) in [5.74, 6) is 1.24. The number of anilines is 1. The van der Waals surface area contributed by atoms with Crippen LogP contribution in [0.25, 0.3) is 0 Å². The molecule has 1 aliphatic rings. The first-order valence-electron chi connectivity index (χ1n) is 5.39. The van der Waals surface area contributed by atoms with E-state index in [9.17, 15) is 0 Å². The first-order valence-corrected chi connectivity index (χ1v) is 6.21. The predicted octanol–water partition coefficient (Wildman–Crippen LogP) is 3.96. The van der Waals surface area contributed by atoms with Crippen LogP contribution in [0.15, 0.2) is 41.8 Å². The lowest BCUT2D eigenvalue weighted by Gasteiger charge is -2.23. The van der Waals surface area contributed by atoms with Gasteiger partial charge in [0.2, 0.25) is 0 Å². The summed E-state index contributed by atoms with van der Waals surface area (Å²) in [6, 6.07) is 4.22. The van der Waals surface area contributed by atoms with Crippen LogP contribution in [0.3, 0.4) is 0 Å². The summed E-state index contributed by atoms with van der Waals surface area (Å²) in [7, 11) is 0. The minimum atomic E-state index is 0.445. The van der Waals surface area contributed by atoms with Crippen molar-refractivity contribution in [3.8, 4) is 0 Å². The molecule has 16 heavy (non-hydrogen) atoms. The van der Waals surface area contributed by atoms with Crippen LogP contribution in [-0.4, -0.2) is 5.71 Å². The highest BCUT2D eigenvalue weighted by Crippen LogP contribution is 2.30. The zero-order valence-electron chi connectivity index (χ0n) is 9.90. The Morgan fingerprint density at radius 2 is 2.12 bits per heavy atom. The minimum Gasteiger partial charge on any atom is -0.293 e. The highest BCUT2D eigenvalue weighted by atomic mass is 32.1. The Hall–Kier alpha value is -1.35. The van der Waals surface area contributed by atoms with Crippen molar-refractivity contribution >= 4 is 22.0 Å². The van der Waals surface area contributed by atoms with E-state index in [-0.39, 0.29) is 0 Å². The molecule has 0 spiro atoms. The number of hydrogen-bond donors (Lipinski definition) is 0. The third kappa shape index (κ3) is 2.09. The fourth-order valence-electron chi connectivity index (χ4n) is 1.55. The summed E-state index contributed by atoms with van der Waals surface area (Å²) in [5.41, 5.74) is 1.09. The van der Waals surface area contributed by atoms with Gasteiger partial charge in [-0.15, -0.1) is 11.3 Å². The fraction of sp³-hybridized carbons (Fsp3) is 0.308. The van der Waals surface area contributed by atoms with Crippen molar-refractivity contribution < 1.29 is 0 Å². The number of rotatable bonds is 2. The van der Waals surface area contributed by atoms with Gasteiger partial charge in [0.15, 0.2) is 0 Å². The van der Waals surface area contributed by atoms with E-state index in [1.165, 1.54) is 9.88 Å². The summed E-state index contributed by atoms with van der Waals surface area (Å²) in [6.07, 6.45) is 4.12. The monoisotopic (exact) mass is 232 g/mol. The van der Waals surface area contributed by atoms with Crippen LogP contribution in [0.5, 0.6) is 0 Å². The second-order valence-electron chi connectivity index (χ2n) is 4.18. The van der Waals surface area contributed by atoms with Crippen LogP contribution in [0, 0.1) is 12.8 Å². The van der Waals surface area contributed by atoms with Gasteiger partial charge < -0.3 is 0 Å². The quantitative estimate of drug-likeness (QED) is 0.753. The zero-order valence-corrected chi connectivity index (χ0v) is 10.7. The van der Waals surface area contributed by atoms with Gasteiger partial charge in [0.25, 0.3) is 0 Å². The standard InChI is InChI=1S/C13H16N2S/c1-9(2)12-7-8-15(11(4)14-12)13-6-5-10(3)16-13/h5-9H,4H2,1-3H3. The molecule has 0 radical (unpaired) electrons. The summed E-state index contributed by atoms with van der Waals surface area (Å²) in [4.78, 5) is 7.85. The first kappa shape index (κ1) is 11.1. The van der Waals surface area contributed by atoms with Crippen LogP contribution in [0.1, 0.15) is 18.7 Å². The van der Waals surface area contributed by atoms with Crippen molar-refractivity contribution in [1.82, 2.24) is 0 Å². The van der Waals surface area contributed by atoms with E-state index in [1.807, 2.05) is 4.90 Å². The van der Waals surface area contributed by atoms with Crippen LogP contribution in [0.2, 0.25) is 0 Å². The van der Waals surface area contributed by atoms with Crippen LogP contribution in [-0.2, 0) is 0 Å². The number of aryl methyl sites for hydroxylation is 1. The summed E-state index contributed by atoms with van der Waals surface area (Å²) in [6.45, 7) is 10.4. The maximum Gasteiger partial charge on any atom is 0.130 e. The molecule has 2 nitrogen and oxygen atoms in total. The Bertz CT molecular complexity index is 466. The van der Waals surface area contributed by atoms with Crippen molar-refractivity contribution in [2.45, 2.75) is 20.8 Å².